The molecule has 0 radical (unpaired) electrons. The number of aryl methyl sites for hydroxylation is 1. The standard InChI is InChI=1S/C21H30N4O4/c1-3-10-24-17-15(18(26)25(11-4-2)20(24)29)22-16(23-17)14-8-7-13-6-5-9-21(14,12-13)19(27)28/h13-14H,3-12H2,1-2H3,(H,22,23)(H,27,28). The number of carboxylic acid groups (broad SMARTS) is 1. The number of rotatable bonds is 6. The molecular formula is C21H30N4O4. The minimum atomic E-state index is -0.826. The van der Waals surface area contributed by atoms with Crippen molar-refractivity contribution in [2.45, 2.75) is 84.2 Å². The number of aromatic nitrogens is 4. The van der Waals surface area contributed by atoms with Gasteiger partial charge in [0.2, 0.25) is 0 Å². The molecule has 0 saturated heterocycles. The molecule has 2 bridgehead atoms. The monoisotopic (exact) mass is 402 g/mol. The molecular weight excluding hydrogens is 372 g/mol. The van der Waals surface area contributed by atoms with Gasteiger partial charge in [-0.3, -0.25) is 18.7 Å². The molecule has 2 saturated carbocycles. The summed E-state index contributed by atoms with van der Waals surface area (Å²) in [6.45, 7) is 4.73. The first-order valence-corrected chi connectivity index (χ1v) is 10.9. The second-order valence-electron chi connectivity index (χ2n) is 8.77. The first-order chi connectivity index (χ1) is 13.9. The van der Waals surface area contributed by atoms with E-state index in [1.807, 2.05) is 13.8 Å². The molecule has 2 aliphatic rings. The summed E-state index contributed by atoms with van der Waals surface area (Å²) in [7, 11) is 0. The van der Waals surface area contributed by atoms with Crippen LogP contribution in [0.15, 0.2) is 9.59 Å². The third-order valence-corrected chi connectivity index (χ3v) is 6.95. The molecule has 2 aromatic heterocycles. The molecule has 8 heteroatoms. The molecule has 3 unspecified atom stereocenters. The molecule has 2 heterocycles. The minimum absolute atomic E-state index is 0.256. The van der Waals surface area contributed by atoms with E-state index in [4.69, 9.17) is 0 Å². The number of nitrogens with one attached hydrogen (secondary N) is 1. The molecule has 0 spiro atoms. The number of nitrogens with zero attached hydrogens (tertiary/aromatic N) is 3. The number of carboxylic acids is 1. The maximum atomic E-state index is 13.0. The van der Waals surface area contributed by atoms with Crippen LogP contribution in [0.25, 0.3) is 11.2 Å². The Hall–Kier alpha value is -2.38. The van der Waals surface area contributed by atoms with Gasteiger partial charge in [-0.25, -0.2) is 9.78 Å². The maximum Gasteiger partial charge on any atom is 0.332 e. The summed E-state index contributed by atoms with van der Waals surface area (Å²) in [5, 5.41) is 10.1. The molecule has 4 rings (SSSR count). The van der Waals surface area contributed by atoms with Gasteiger partial charge >= 0.3 is 11.7 Å². The summed E-state index contributed by atoms with van der Waals surface area (Å²) < 4.78 is 2.83. The van der Waals surface area contributed by atoms with Crippen molar-refractivity contribution >= 4 is 17.1 Å². The summed E-state index contributed by atoms with van der Waals surface area (Å²) in [6.07, 6.45) is 6.48. The quantitative estimate of drug-likeness (QED) is 0.772. The Morgan fingerprint density at radius 2 is 1.90 bits per heavy atom. The fraction of sp³-hybridized carbons (Fsp3) is 0.714. The Labute approximate surface area is 169 Å². The van der Waals surface area contributed by atoms with Crippen LogP contribution in [-0.4, -0.2) is 30.2 Å². The number of aromatic amines is 1. The largest absolute Gasteiger partial charge is 0.481 e. The van der Waals surface area contributed by atoms with Gasteiger partial charge in [0.25, 0.3) is 5.56 Å². The number of hydrogen-bond acceptors (Lipinski definition) is 4. The Morgan fingerprint density at radius 3 is 2.59 bits per heavy atom. The third-order valence-electron chi connectivity index (χ3n) is 6.95. The SMILES string of the molecule is CCCn1c(=O)c2[nH]c(C3CCC4CCCC3(C(=O)O)C4)nc2n(CCC)c1=O. The first kappa shape index (κ1) is 19.9. The summed E-state index contributed by atoms with van der Waals surface area (Å²) in [4.78, 5) is 46.1. The van der Waals surface area contributed by atoms with Gasteiger partial charge in [0.1, 0.15) is 11.3 Å². The highest BCUT2D eigenvalue weighted by molar-refractivity contribution is 5.77. The van der Waals surface area contributed by atoms with Crippen molar-refractivity contribution in [1.29, 1.82) is 0 Å². The Morgan fingerprint density at radius 1 is 1.17 bits per heavy atom. The molecule has 2 fully saturated rings. The molecule has 0 amide bonds. The second-order valence-corrected chi connectivity index (χ2v) is 8.77. The molecule has 8 nitrogen and oxygen atoms in total. The van der Waals surface area contributed by atoms with Crippen LogP contribution in [0.4, 0.5) is 0 Å². The number of H-pyrrole nitrogens is 1. The van der Waals surface area contributed by atoms with Gasteiger partial charge in [0.05, 0.1) is 5.41 Å². The van der Waals surface area contributed by atoms with Gasteiger partial charge in [0.15, 0.2) is 5.65 Å². The van der Waals surface area contributed by atoms with Crippen LogP contribution in [0.1, 0.15) is 77.0 Å². The summed E-state index contributed by atoms with van der Waals surface area (Å²) in [6, 6.07) is 0. The number of fused-ring (bicyclic) bond motifs is 3. The number of aliphatic carboxylic acids is 1. The number of carbonyl (C=O) groups is 1. The summed E-state index contributed by atoms with van der Waals surface area (Å²) in [5.41, 5.74) is -0.839. The summed E-state index contributed by atoms with van der Waals surface area (Å²) in [5.74, 6) is -0.00580. The Balaban J connectivity index is 1.90. The molecule has 0 aromatic carbocycles. The van der Waals surface area contributed by atoms with Crippen LogP contribution in [-0.2, 0) is 17.9 Å². The third kappa shape index (κ3) is 3.04. The van der Waals surface area contributed by atoms with E-state index in [9.17, 15) is 19.5 Å². The second kappa shape index (κ2) is 7.46. The van der Waals surface area contributed by atoms with Crippen molar-refractivity contribution in [3.63, 3.8) is 0 Å². The van der Waals surface area contributed by atoms with Gasteiger partial charge in [0, 0.05) is 19.0 Å². The fourth-order valence-electron chi connectivity index (χ4n) is 5.60. The van der Waals surface area contributed by atoms with Crippen LogP contribution in [0.3, 0.4) is 0 Å². The van der Waals surface area contributed by atoms with Crippen molar-refractivity contribution in [2.24, 2.45) is 11.3 Å². The lowest BCUT2D eigenvalue weighted by Crippen LogP contribution is -2.45. The van der Waals surface area contributed by atoms with Crippen LogP contribution >= 0.6 is 0 Å². The van der Waals surface area contributed by atoms with Gasteiger partial charge in [-0.1, -0.05) is 26.7 Å². The average molecular weight is 402 g/mol. The van der Waals surface area contributed by atoms with Crippen LogP contribution in [0.2, 0.25) is 0 Å². The lowest BCUT2D eigenvalue weighted by molar-refractivity contribution is -0.156. The minimum Gasteiger partial charge on any atom is -0.481 e. The zero-order valence-electron chi connectivity index (χ0n) is 17.2. The molecule has 0 aliphatic heterocycles. The van der Waals surface area contributed by atoms with Gasteiger partial charge in [-0.15, -0.1) is 0 Å². The Kier molecular flexibility index (Phi) is 5.12. The van der Waals surface area contributed by atoms with Crippen molar-refractivity contribution in [2.75, 3.05) is 0 Å². The smallest absolute Gasteiger partial charge is 0.332 e. The molecule has 2 aliphatic carbocycles. The molecule has 29 heavy (non-hydrogen) atoms. The fourth-order valence-corrected chi connectivity index (χ4v) is 5.60. The van der Waals surface area contributed by atoms with E-state index in [-0.39, 0.29) is 17.2 Å². The van der Waals surface area contributed by atoms with Crippen molar-refractivity contribution in [3.8, 4) is 0 Å². The predicted molar refractivity (Wildman–Crippen MR) is 109 cm³/mol. The van der Waals surface area contributed by atoms with Crippen molar-refractivity contribution < 1.29 is 9.90 Å². The van der Waals surface area contributed by atoms with Gasteiger partial charge in [-0.05, 0) is 44.4 Å². The first-order valence-electron chi connectivity index (χ1n) is 10.9. The van der Waals surface area contributed by atoms with E-state index in [0.29, 0.717) is 55.3 Å². The van der Waals surface area contributed by atoms with E-state index < -0.39 is 11.4 Å². The van der Waals surface area contributed by atoms with Crippen molar-refractivity contribution in [1.82, 2.24) is 19.1 Å². The zero-order valence-corrected chi connectivity index (χ0v) is 17.2. The van der Waals surface area contributed by atoms with Crippen molar-refractivity contribution in [3.05, 3.63) is 26.7 Å². The highest BCUT2D eigenvalue weighted by atomic mass is 16.4. The van der Waals surface area contributed by atoms with Crippen LogP contribution in [0.5, 0.6) is 0 Å². The van der Waals surface area contributed by atoms with E-state index in [0.717, 1.165) is 32.1 Å². The van der Waals surface area contributed by atoms with Gasteiger partial charge in [-0.2, -0.15) is 0 Å². The normalized spacial score (nSPS) is 26.7. The maximum absolute atomic E-state index is 13.0. The highest BCUT2D eigenvalue weighted by Gasteiger charge is 2.53. The highest BCUT2D eigenvalue weighted by Crippen LogP contribution is 2.55. The predicted octanol–water partition coefficient (Wildman–Crippen LogP) is 2.84. The topological polar surface area (TPSA) is 110 Å². The lowest BCUT2D eigenvalue weighted by atomic mass is 9.56. The Bertz CT molecular complexity index is 1050. The van der Waals surface area contributed by atoms with E-state index >= 15 is 0 Å². The lowest BCUT2D eigenvalue weighted by Gasteiger charge is -2.46. The van der Waals surface area contributed by atoms with Gasteiger partial charge < -0.3 is 10.1 Å². The average Bonchev–Trinajstić information content (AvgIpc) is 3.13. The zero-order chi connectivity index (χ0) is 20.8. The molecule has 2 aromatic rings. The van der Waals surface area contributed by atoms with E-state index in [2.05, 4.69) is 9.97 Å². The summed E-state index contributed by atoms with van der Waals surface area (Å²) >= 11 is 0. The molecule has 3 atom stereocenters. The van der Waals surface area contributed by atoms with Crippen LogP contribution in [0, 0.1) is 11.3 Å². The van der Waals surface area contributed by atoms with E-state index in [1.165, 1.54) is 4.57 Å². The number of imidazole rings is 1. The molecule has 158 valence electrons. The molecule has 2 N–H and O–H groups in total. The van der Waals surface area contributed by atoms with E-state index in [1.54, 1.807) is 4.57 Å². The van der Waals surface area contributed by atoms with Crippen LogP contribution < -0.4 is 11.2 Å². The number of hydrogen-bond donors (Lipinski definition) is 2.